The van der Waals surface area contributed by atoms with E-state index in [-0.39, 0.29) is 29.9 Å². The van der Waals surface area contributed by atoms with Crippen molar-refractivity contribution in [3.05, 3.63) is 86.4 Å². The van der Waals surface area contributed by atoms with Crippen molar-refractivity contribution in [2.45, 2.75) is 52.1 Å². The maximum Gasteiger partial charge on any atom is 0.279 e. The van der Waals surface area contributed by atoms with Crippen molar-refractivity contribution >= 4 is 17.5 Å². The van der Waals surface area contributed by atoms with E-state index in [1.807, 2.05) is 19.1 Å². The van der Waals surface area contributed by atoms with E-state index in [2.05, 4.69) is 17.3 Å². The van der Waals surface area contributed by atoms with Crippen molar-refractivity contribution in [3.8, 4) is 11.3 Å². The summed E-state index contributed by atoms with van der Waals surface area (Å²) in [6.45, 7) is 4.23. The number of hydrogen-bond donors (Lipinski definition) is 1. The van der Waals surface area contributed by atoms with Gasteiger partial charge >= 0.3 is 0 Å². The highest BCUT2D eigenvalue weighted by Crippen LogP contribution is 2.25. The van der Waals surface area contributed by atoms with E-state index in [1.165, 1.54) is 16.8 Å². The van der Waals surface area contributed by atoms with Crippen LogP contribution in [0.4, 0.5) is 4.39 Å². The summed E-state index contributed by atoms with van der Waals surface area (Å²) in [6, 6.07) is 13.0. The van der Waals surface area contributed by atoms with Gasteiger partial charge in [-0.05, 0) is 80.0 Å². The van der Waals surface area contributed by atoms with Crippen molar-refractivity contribution in [3.63, 3.8) is 0 Å². The van der Waals surface area contributed by atoms with Gasteiger partial charge in [0, 0.05) is 16.6 Å². The molecule has 1 aliphatic rings. The zero-order valence-electron chi connectivity index (χ0n) is 18.8. The van der Waals surface area contributed by atoms with Crippen molar-refractivity contribution < 1.29 is 9.18 Å². The highest BCUT2D eigenvalue weighted by atomic mass is 35.5. The molecule has 7 heteroatoms. The van der Waals surface area contributed by atoms with E-state index in [9.17, 15) is 14.0 Å². The van der Waals surface area contributed by atoms with E-state index in [0.29, 0.717) is 22.2 Å². The molecule has 1 fully saturated rings. The third kappa shape index (κ3) is 5.50. The topological polar surface area (TPSA) is 64.0 Å². The number of nitrogens with one attached hydrogen (secondary N) is 1. The molecule has 1 saturated carbocycles. The molecule has 33 heavy (non-hydrogen) atoms. The number of halogens is 2. The Morgan fingerprint density at radius 1 is 1.12 bits per heavy atom. The number of benzene rings is 2. The summed E-state index contributed by atoms with van der Waals surface area (Å²) in [5.74, 6) is -0.0835. The van der Waals surface area contributed by atoms with Crippen LogP contribution in [0.25, 0.3) is 11.3 Å². The van der Waals surface area contributed by atoms with Crippen LogP contribution in [0.1, 0.15) is 54.1 Å². The summed E-state index contributed by atoms with van der Waals surface area (Å²) >= 11 is 6.17. The van der Waals surface area contributed by atoms with Crippen LogP contribution in [-0.2, 0) is 6.54 Å². The second kappa shape index (κ2) is 9.87. The fraction of sp³-hybridized carbons (Fsp3) is 0.346. The minimum absolute atomic E-state index is 0.0494. The summed E-state index contributed by atoms with van der Waals surface area (Å²) in [5.41, 5.74) is 2.41. The number of aryl methyl sites for hydroxylation is 1. The fourth-order valence-electron chi connectivity index (χ4n) is 4.19. The molecule has 1 aromatic heterocycles. The summed E-state index contributed by atoms with van der Waals surface area (Å²) in [5, 5.41) is 8.19. The lowest BCUT2D eigenvalue weighted by molar-refractivity contribution is 0.0920. The number of rotatable bonds is 5. The number of aromatic nitrogens is 2. The smallest absolute Gasteiger partial charge is 0.279 e. The van der Waals surface area contributed by atoms with Crippen molar-refractivity contribution in [1.29, 1.82) is 0 Å². The zero-order valence-corrected chi connectivity index (χ0v) is 19.5. The largest absolute Gasteiger partial charge is 0.349 e. The Bertz CT molecular complexity index is 1220. The standard InChI is InChI=1S/C26H27ClFN3O2/c1-16-3-10-21(11-4-16)29-25(32)22-14-24(19-7-12-23(27)17(2)13-19)30-31(26(22)33)15-18-5-8-20(28)9-6-18/h5-9,12-14,16,21H,3-4,10-11,15H2,1-2H3,(H,29,32). The predicted octanol–water partition coefficient (Wildman–Crippen LogP) is 5.37. The Kier molecular flexibility index (Phi) is 6.94. The van der Waals surface area contributed by atoms with Gasteiger partial charge in [-0.2, -0.15) is 5.10 Å². The minimum Gasteiger partial charge on any atom is -0.349 e. The lowest BCUT2D eigenvalue weighted by Gasteiger charge is -2.26. The third-order valence-corrected chi connectivity index (χ3v) is 6.69. The molecule has 0 aliphatic heterocycles. The molecule has 1 amide bonds. The monoisotopic (exact) mass is 467 g/mol. The van der Waals surface area contributed by atoms with Crippen molar-refractivity contribution in [1.82, 2.24) is 15.1 Å². The Morgan fingerprint density at radius 2 is 1.82 bits per heavy atom. The maximum atomic E-state index is 13.3. The van der Waals surface area contributed by atoms with Gasteiger partial charge in [0.15, 0.2) is 0 Å². The molecule has 0 unspecified atom stereocenters. The SMILES string of the molecule is Cc1cc(-c2cc(C(=O)NC3CCC(C)CC3)c(=O)n(Cc3ccc(F)cc3)n2)ccc1Cl. The van der Waals surface area contributed by atoms with Gasteiger partial charge in [-0.25, -0.2) is 9.07 Å². The number of amides is 1. The van der Waals surface area contributed by atoms with E-state index in [1.54, 1.807) is 24.3 Å². The number of hydrogen-bond acceptors (Lipinski definition) is 3. The molecule has 5 nitrogen and oxygen atoms in total. The quantitative estimate of drug-likeness (QED) is 0.548. The summed E-state index contributed by atoms with van der Waals surface area (Å²) in [4.78, 5) is 26.4. The summed E-state index contributed by atoms with van der Waals surface area (Å²) < 4.78 is 14.6. The van der Waals surface area contributed by atoms with Crippen LogP contribution in [0.3, 0.4) is 0 Å². The second-order valence-electron chi connectivity index (χ2n) is 8.93. The third-order valence-electron chi connectivity index (χ3n) is 6.27. The van der Waals surface area contributed by atoms with Gasteiger partial charge in [-0.15, -0.1) is 0 Å². The highest BCUT2D eigenvalue weighted by molar-refractivity contribution is 6.31. The number of carbonyl (C=O) groups excluding carboxylic acids is 1. The molecule has 172 valence electrons. The van der Waals surface area contributed by atoms with Gasteiger partial charge in [-0.1, -0.05) is 36.7 Å². The Balaban J connectivity index is 1.72. The first-order valence-electron chi connectivity index (χ1n) is 11.2. The predicted molar refractivity (Wildman–Crippen MR) is 128 cm³/mol. The first-order valence-corrected chi connectivity index (χ1v) is 11.6. The Hall–Kier alpha value is -2.99. The highest BCUT2D eigenvalue weighted by Gasteiger charge is 2.23. The maximum absolute atomic E-state index is 13.3. The van der Waals surface area contributed by atoms with Crippen LogP contribution in [0, 0.1) is 18.7 Å². The molecular formula is C26H27ClFN3O2. The lowest BCUT2D eigenvalue weighted by Crippen LogP contribution is -2.41. The average molecular weight is 468 g/mol. The van der Waals surface area contributed by atoms with Gasteiger partial charge in [0.2, 0.25) is 0 Å². The van der Waals surface area contributed by atoms with E-state index < -0.39 is 5.56 Å². The molecule has 0 atom stereocenters. The molecule has 2 aromatic carbocycles. The van der Waals surface area contributed by atoms with Gasteiger partial charge in [-0.3, -0.25) is 9.59 Å². The van der Waals surface area contributed by atoms with Gasteiger partial charge < -0.3 is 5.32 Å². The number of nitrogens with zero attached hydrogens (tertiary/aromatic N) is 2. The van der Waals surface area contributed by atoms with Crippen molar-refractivity contribution in [2.75, 3.05) is 0 Å². The molecule has 4 rings (SSSR count). The lowest BCUT2D eigenvalue weighted by atomic mass is 9.87. The molecule has 1 aliphatic carbocycles. The molecular weight excluding hydrogens is 441 g/mol. The molecule has 0 saturated heterocycles. The van der Waals surface area contributed by atoms with E-state index in [4.69, 9.17) is 11.6 Å². The normalized spacial score (nSPS) is 18.2. The molecule has 3 aromatic rings. The second-order valence-corrected chi connectivity index (χ2v) is 9.33. The van der Waals surface area contributed by atoms with Crippen LogP contribution < -0.4 is 10.9 Å². The summed E-state index contributed by atoms with van der Waals surface area (Å²) in [6.07, 6.45) is 3.94. The average Bonchev–Trinajstić information content (AvgIpc) is 2.80. The van der Waals surface area contributed by atoms with Crippen LogP contribution in [-0.4, -0.2) is 21.7 Å². The van der Waals surface area contributed by atoms with Crippen LogP contribution >= 0.6 is 11.6 Å². The van der Waals surface area contributed by atoms with Crippen LogP contribution in [0.2, 0.25) is 5.02 Å². The van der Waals surface area contributed by atoms with Crippen molar-refractivity contribution in [2.24, 2.45) is 5.92 Å². The molecule has 1 heterocycles. The Labute approximate surface area is 197 Å². The molecule has 0 spiro atoms. The fourth-order valence-corrected chi connectivity index (χ4v) is 4.30. The Morgan fingerprint density at radius 3 is 2.48 bits per heavy atom. The minimum atomic E-state index is -0.476. The van der Waals surface area contributed by atoms with Gasteiger partial charge in [0.05, 0.1) is 12.2 Å². The van der Waals surface area contributed by atoms with Gasteiger partial charge in [0.1, 0.15) is 11.4 Å². The number of carbonyl (C=O) groups is 1. The molecule has 0 radical (unpaired) electrons. The zero-order chi connectivity index (χ0) is 23.5. The van der Waals surface area contributed by atoms with Crippen LogP contribution in [0.15, 0.2) is 53.3 Å². The van der Waals surface area contributed by atoms with E-state index in [0.717, 1.165) is 36.8 Å². The molecule has 0 bridgehead atoms. The molecule has 1 N–H and O–H groups in total. The van der Waals surface area contributed by atoms with Gasteiger partial charge in [0.25, 0.3) is 11.5 Å². The first kappa shape index (κ1) is 23.2. The van der Waals surface area contributed by atoms with Crippen LogP contribution in [0.5, 0.6) is 0 Å². The summed E-state index contributed by atoms with van der Waals surface area (Å²) in [7, 11) is 0. The first-order chi connectivity index (χ1) is 15.8. The van der Waals surface area contributed by atoms with E-state index >= 15 is 0 Å².